The van der Waals surface area contributed by atoms with Crippen LogP contribution in [-0.4, -0.2) is 47.8 Å². The summed E-state index contributed by atoms with van der Waals surface area (Å²) < 4.78 is 0. The van der Waals surface area contributed by atoms with Gasteiger partial charge in [-0.25, -0.2) is 15.0 Å². The third-order valence-electron chi connectivity index (χ3n) is 4.32. The maximum atomic E-state index is 11.0. The van der Waals surface area contributed by atoms with Crippen molar-refractivity contribution in [3.8, 4) is 34.6 Å². The second kappa shape index (κ2) is 14.0. The first kappa shape index (κ1) is 31.9. The van der Waals surface area contributed by atoms with Gasteiger partial charge < -0.3 is 29.7 Å². The van der Waals surface area contributed by atoms with E-state index in [1.54, 1.807) is 0 Å². The number of carboxylic acids is 3. The van der Waals surface area contributed by atoms with E-state index < -0.39 is 17.9 Å². The fraction of sp³-hybridized carbons (Fsp3) is 0. The van der Waals surface area contributed by atoms with Crippen molar-refractivity contribution >= 4 is 17.9 Å². The summed E-state index contributed by atoms with van der Waals surface area (Å²) in [5, 5.41) is 32.9. The maximum Gasteiger partial charge on any atom is 1.00 e. The molecule has 36 heavy (non-hydrogen) atoms. The SMILES string of the molecule is O=C([O-])c1ccc(-c2nc(-c3ccc(C(=O)[O-])cn3)nc(-c3ccc(C(=O)[O-])cn3)n2)nc1.[Na+].[Na+].[Na+]. The number of aromatic carboxylic acids is 3. The Bertz CT molecular complexity index is 1200. The Morgan fingerprint density at radius 1 is 0.472 bits per heavy atom. The summed E-state index contributed by atoms with van der Waals surface area (Å²) in [6.07, 6.45) is 3.23. The monoisotopic (exact) mass is 510 g/mol. The van der Waals surface area contributed by atoms with Gasteiger partial charge in [0.05, 0.1) is 17.9 Å². The summed E-state index contributed by atoms with van der Waals surface area (Å²) in [4.78, 5) is 57.9. The van der Waals surface area contributed by atoms with Crippen LogP contribution in [-0.2, 0) is 0 Å². The Kier molecular flexibility index (Phi) is 12.4. The van der Waals surface area contributed by atoms with Gasteiger partial charge in [0.25, 0.3) is 0 Å². The van der Waals surface area contributed by atoms with Gasteiger partial charge >= 0.3 is 88.7 Å². The van der Waals surface area contributed by atoms with Crippen molar-refractivity contribution in [3.05, 3.63) is 71.7 Å². The van der Waals surface area contributed by atoms with Gasteiger partial charge in [-0.05, 0) is 36.4 Å². The van der Waals surface area contributed by atoms with Gasteiger partial charge in [-0.1, -0.05) is 0 Å². The minimum atomic E-state index is -1.40. The van der Waals surface area contributed by atoms with E-state index in [2.05, 4.69) is 29.9 Å². The topological polar surface area (TPSA) is 198 Å². The summed E-state index contributed by atoms with van der Waals surface area (Å²) in [5.41, 5.74) is 0.153. The zero-order valence-corrected chi connectivity index (χ0v) is 25.3. The van der Waals surface area contributed by atoms with E-state index in [4.69, 9.17) is 0 Å². The number of hydrogen-bond acceptors (Lipinski definition) is 12. The van der Waals surface area contributed by atoms with Crippen molar-refractivity contribution in [2.45, 2.75) is 0 Å². The number of nitrogens with zero attached hydrogens (tertiary/aromatic N) is 6. The summed E-state index contributed by atoms with van der Waals surface area (Å²) in [6.45, 7) is 0. The van der Waals surface area contributed by atoms with Gasteiger partial charge in [-0.15, -0.1) is 0 Å². The van der Waals surface area contributed by atoms with Crippen LogP contribution in [0.25, 0.3) is 34.6 Å². The van der Waals surface area contributed by atoms with Crippen LogP contribution in [0.1, 0.15) is 31.1 Å². The van der Waals surface area contributed by atoms with E-state index in [-0.39, 0.29) is 140 Å². The molecule has 0 fully saturated rings. The Hall–Kier alpha value is -2.13. The summed E-state index contributed by atoms with van der Waals surface area (Å²) in [6, 6.07) is 7.90. The number of aromatic nitrogens is 6. The summed E-state index contributed by atoms with van der Waals surface area (Å²) in [5.74, 6) is -4.09. The molecule has 0 bridgehead atoms. The largest absolute Gasteiger partial charge is 1.00 e. The molecule has 0 N–H and O–H groups in total. The summed E-state index contributed by atoms with van der Waals surface area (Å²) >= 11 is 0. The molecule has 4 rings (SSSR count). The second-order valence-corrected chi connectivity index (χ2v) is 6.46. The van der Waals surface area contributed by atoms with Crippen LogP contribution in [0.2, 0.25) is 0 Å². The quantitative estimate of drug-likeness (QED) is 0.222. The van der Waals surface area contributed by atoms with E-state index >= 15 is 0 Å². The van der Waals surface area contributed by atoms with Gasteiger partial charge in [-0.2, -0.15) is 0 Å². The molecule has 0 saturated heterocycles. The molecule has 0 unspecified atom stereocenters. The van der Waals surface area contributed by atoms with Gasteiger partial charge in [-0.3, -0.25) is 15.0 Å². The second-order valence-electron chi connectivity index (χ2n) is 6.46. The number of carbonyl (C=O) groups excluding carboxylic acids is 3. The van der Waals surface area contributed by atoms with Gasteiger partial charge in [0, 0.05) is 35.3 Å². The van der Waals surface area contributed by atoms with Crippen molar-refractivity contribution in [3.63, 3.8) is 0 Å². The third-order valence-corrected chi connectivity index (χ3v) is 4.32. The smallest absolute Gasteiger partial charge is 0.545 e. The molecular formula is C21H9N6Na3O6. The number of rotatable bonds is 6. The predicted molar refractivity (Wildman–Crippen MR) is 103 cm³/mol. The molecule has 0 aliphatic rings. The first-order valence-corrected chi connectivity index (χ1v) is 9.11. The van der Waals surface area contributed by atoms with Crippen LogP contribution < -0.4 is 104 Å². The zero-order chi connectivity index (χ0) is 23.5. The average Bonchev–Trinajstić information content (AvgIpc) is 2.84. The van der Waals surface area contributed by atoms with Crippen molar-refractivity contribution in [2.75, 3.05) is 0 Å². The Morgan fingerprint density at radius 2 is 0.722 bits per heavy atom. The number of carboxylic acid groups (broad SMARTS) is 3. The standard InChI is InChI=1S/C21H12N6O6.3Na/c28-19(29)10-1-4-13(22-7-10)16-25-17(14-5-2-11(8-23-14)20(30)31)27-18(26-16)15-6-3-12(9-24-15)21(32)33;;;/h1-9H,(H,28,29)(H,30,31)(H,32,33);;;/q;3*+1/p-3. The molecule has 162 valence electrons. The van der Waals surface area contributed by atoms with Crippen molar-refractivity contribution in [2.24, 2.45) is 0 Å². The Morgan fingerprint density at radius 3 is 0.889 bits per heavy atom. The number of carbonyl (C=O) groups is 3. The van der Waals surface area contributed by atoms with Crippen molar-refractivity contribution < 1.29 is 118 Å². The molecule has 0 aromatic carbocycles. The maximum absolute atomic E-state index is 11.0. The van der Waals surface area contributed by atoms with E-state index in [1.165, 1.54) is 36.4 Å². The average molecular weight is 510 g/mol. The van der Waals surface area contributed by atoms with E-state index in [1.807, 2.05) is 0 Å². The molecule has 4 aromatic rings. The van der Waals surface area contributed by atoms with Crippen LogP contribution in [0.3, 0.4) is 0 Å². The van der Waals surface area contributed by atoms with E-state index in [0.29, 0.717) is 0 Å². The number of pyridine rings is 3. The van der Waals surface area contributed by atoms with Crippen LogP contribution in [0, 0.1) is 0 Å². The fourth-order valence-corrected chi connectivity index (χ4v) is 2.66. The minimum Gasteiger partial charge on any atom is -0.545 e. The molecule has 0 spiro atoms. The normalized spacial score (nSPS) is 9.67. The molecule has 0 radical (unpaired) electrons. The van der Waals surface area contributed by atoms with Crippen LogP contribution in [0.4, 0.5) is 0 Å². The van der Waals surface area contributed by atoms with E-state index in [9.17, 15) is 29.7 Å². The van der Waals surface area contributed by atoms with Crippen LogP contribution >= 0.6 is 0 Å². The molecule has 0 aliphatic heterocycles. The molecule has 0 amide bonds. The molecule has 15 heteroatoms. The van der Waals surface area contributed by atoms with E-state index in [0.717, 1.165) is 18.6 Å². The van der Waals surface area contributed by atoms with Gasteiger partial charge in [0.15, 0.2) is 17.5 Å². The molecular weight excluding hydrogens is 501 g/mol. The third kappa shape index (κ3) is 7.44. The Balaban J connectivity index is 0.00000216. The van der Waals surface area contributed by atoms with Gasteiger partial charge in [0.2, 0.25) is 0 Å². The zero-order valence-electron chi connectivity index (χ0n) is 19.3. The van der Waals surface area contributed by atoms with Crippen LogP contribution in [0.5, 0.6) is 0 Å². The number of hydrogen-bond donors (Lipinski definition) is 0. The first-order chi connectivity index (χ1) is 15.8. The molecule has 12 nitrogen and oxygen atoms in total. The van der Waals surface area contributed by atoms with Crippen LogP contribution in [0.15, 0.2) is 55.0 Å². The molecule has 0 aliphatic carbocycles. The van der Waals surface area contributed by atoms with Crippen molar-refractivity contribution in [1.82, 2.24) is 29.9 Å². The molecule has 4 heterocycles. The molecule has 4 aromatic heterocycles. The van der Waals surface area contributed by atoms with Gasteiger partial charge in [0.1, 0.15) is 17.1 Å². The first-order valence-electron chi connectivity index (χ1n) is 9.11. The minimum absolute atomic E-state index is 0. The molecule has 0 atom stereocenters. The fourth-order valence-electron chi connectivity index (χ4n) is 2.66. The molecule has 0 saturated carbocycles. The Labute approximate surface area is 269 Å². The summed E-state index contributed by atoms with van der Waals surface area (Å²) in [7, 11) is 0. The van der Waals surface area contributed by atoms with Crippen molar-refractivity contribution in [1.29, 1.82) is 0 Å². The predicted octanol–water partition coefficient (Wildman–Crippen LogP) is -10.8.